The van der Waals surface area contributed by atoms with Crippen LogP contribution in [0.5, 0.6) is 0 Å². The Balaban J connectivity index is 2.44. The summed E-state index contributed by atoms with van der Waals surface area (Å²) in [7, 11) is 1.62. The van der Waals surface area contributed by atoms with E-state index in [1.54, 1.807) is 13.2 Å². The smallest absolute Gasteiger partial charge is 0.146 e. The second-order valence-electron chi connectivity index (χ2n) is 4.73. The first kappa shape index (κ1) is 12.8. The van der Waals surface area contributed by atoms with Gasteiger partial charge in [0.25, 0.3) is 0 Å². The van der Waals surface area contributed by atoms with Gasteiger partial charge in [-0.1, -0.05) is 11.6 Å². The highest BCUT2D eigenvalue weighted by Crippen LogP contribution is 2.35. The molecule has 1 unspecified atom stereocenters. The fourth-order valence-electron chi connectivity index (χ4n) is 2.42. The van der Waals surface area contributed by atoms with Gasteiger partial charge in [-0.05, 0) is 44.0 Å². The number of halogens is 2. The number of hydrogen-bond acceptors (Lipinski definition) is 2. The second-order valence-corrected chi connectivity index (χ2v) is 5.14. The minimum Gasteiger partial charge on any atom is -0.380 e. The minimum absolute atomic E-state index is 0.171. The van der Waals surface area contributed by atoms with Crippen molar-refractivity contribution >= 4 is 11.6 Å². The van der Waals surface area contributed by atoms with Gasteiger partial charge in [-0.15, -0.1) is 0 Å². The third-order valence-corrected chi connectivity index (χ3v) is 3.64. The first-order valence-corrected chi connectivity index (χ1v) is 6.17. The number of methoxy groups -OCH3 is 1. The zero-order valence-corrected chi connectivity index (χ0v) is 10.9. The van der Waals surface area contributed by atoms with E-state index in [2.05, 4.69) is 5.32 Å². The van der Waals surface area contributed by atoms with Gasteiger partial charge in [-0.25, -0.2) is 4.39 Å². The van der Waals surface area contributed by atoms with Gasteiger partial charge in [-0.3, -0.25) is 0 Å². The molecule has 0 aromatic heterocycles. The van der Waals surface area contributed by atoms with E-state index in [4.69, 9.17) is 16.3 Å². The van der Waals surface area contributed by atoms with Crippen molar-refractivity contribution in [3.05, 3.63) is 34.1 Å². The van der Waals surface area contributed by atoms with Gasteiger partial charge in [0.1, 0.15) is 5.82 Å². The van der Waals surface area contributed by atoms with Crippen molar-refractivity contribution in [2.45, 2.75) is 31.9 Å². The summed E-state index contributed by atoms with van der Waals surface area (Å²) in [6.45, 7) is 3.39. The Kier molecular flexibility index (Phi) is 3.71. The van der Waals surface area contributed by atoms with Gasteiger partial charge in [0.05, 0.1) is 11.6 Å². The van der Waals surface area contributed by atoms with Gasteiger partial charge < -0.3 is 10.1 Å². The second kappa shape index (κ2) is 4.92. The number of nitrogens with one attached hydrogen (secondary N) is 1. The van der Waals surface area contributed by atoms with E-state index in [-0.39, 0.29) is 16.4 Å². The third-order valence-electron chi connectivity index (χ3n) is 3.36. The lowest BCUT2D eigenvalue weighted by molar-refractivity contribution is 0.184. The van der Waals surface area contributed by atoms with Crippen LogP contribution in [0.25, 0.3) is 0 Å². The zero-order chi connectivity index (χ0) is 12.5. The fourth-order valence-corrected chi connectivity index (χ4v) is 2.66. The van der Waals surface area contributed by atoms with Crippen molar-refractivity contribution in [1.29, 1.82) is 0 Å². The fraction of sp³-hybridized carbons (Fsp3) is 0.538. The molecule has 0 spiro atoms. The molecule has 0 amide bonds. The summed E-state index contributed by atoms with van der Waals surface area (Å²) in [4.78, 5) is 0. The first-order valence-electron chi connectivity index (χ1n) is 5.79. The summed E-state index contributed by atoms with van der Waals surface area (Å²) >= 11 is 5.94. The molecule has 1 aliphatic rings. The Labute approximate surface area is 106 Å². The van der Waals surface area contributed by atoms with Crippen LogP contribution >= 0.6 is 11.6 Å². The molecule has 1 aliphatic heterocycles. The van der Waals surface area contributed by atoms with Crippen LogP contribution in [-0.4, -0.2) is 13.7 Å². The predicted molar refractivity (Wildman–Crippen MR) is 66.7 cm³/mol. The summed E-state index contributed by atoms with van der Waals surface area (Å²) in [5.74, 6) is -0.316. The topological polar surface area (TPSA) is 21.3 Å². The molecule has 1 aromatic rings. The summed E-state index contributed by atoms with van der Waals surface area (Å²) in [5, 5.41) is 3.52. The first-order chi connectivity index (χ1) is 8.07. The van der Waals surface area contributed by atoms with Gasteiger partial charge in [0, 0.05) is 18.2 Å². The molecule has 0 aliphatic carbocycles. The van der Waals surface area contributed by atoms with Gasteiger partial charge in [-0.2, -0.15) is 0 Å². The van der Waals surface area contributed by atoms with Crippen LogP contribution in [0.3, 0.4) is 0 Å². The average Bonchev–Trinajstić information content (AvgIpc) is 2.72. The Morgan fingerprint density at radius 1 is 1.53 bits per heavy atom. The van der Waals surface area contributed by atoms with E-state index < -0.39 is 0 Å². The number of benzene rings is 1. The Bertz CT molecular complexity index is 416. The summed E-state index contributed by atoms with van der Waals surface area (Å²) in [5.41, 5.74) is 1.25. The number of ether oxygens (including phenoxy) is 1. The Morgan fingerprint density at radius 2 is 2.29 bits per heavy atom. The number of rotatable bonds is 3. The Hall–Kier alpha value is -0.640. The number of hydrogen-bond donors (Lipinski definition) is 1. The van der Waals surface area contributed by atoms with E-state index in [1.807, 2.05) is 13.0 Å². The van der Waals surface area contributed by atoms with Crippen molar-refractivity contribution in [3.63, 3.8) is 0 Å². The lowest BCUT2D eigenvalue weighted by Gasteiger charge is -2.26. The van der Waals surface area contributed by atoms with E-state index in [0.717, 1.165) is 24.9 Å². The highest BCUT2D eigenvalue weighted by Gasteiger charge is 2.33. The molecule has 4 heteroatoms. The van der Waals surface area contributed by atoms with E-state index >= 15 is 0 Å². The van der Waals surface area contributed by atoms with Crippen molar-refractivity contribution in [2.75, 3.05) is 13.7 Å². The molecule has 1 fully saturated rings. The SMILES string of the molecule is COCc1cc(Cl)c(F)c(C2(C)CCCN2)c1. The molecular weight excluding hydrogens is 241 g/mol. The monoisotopic (exact) mass is 257 g/mol. The highest BCUT2D eigenvalue weighted by atomic mass is 35.5. The lowest BCUT2D eigenvalue weighted by Crippen LogP contribution is -2.34. The molecule has 0 bridgehead atoms. The molecule has 0 saturated carbocycles. The molecule has 2 nitrogen and oxygen atoms in total. The van der Waals surface area contributed by atoms with Gasteiger partial charge >= 0.3 is 0 Å². The van der Waals surface area contributed by atoms with Crippen molar-refractivity contribution < 1.29 is 9.13 Å². The van der Waals surface area contributed by atoms with Crippen molar-refractivity contribution in [2.24, 2.45) is 0 Å². The molecule has 1 N–H and O–H groups in total. The van der Waals surface area contributed by atoms with Gasteiger partial charge in [0.15, 0.2) is 0 Å². The molecule has 1 heterocycles. The van der Waals surface area contributed by atoms with Crippen LogP contribution in [0.15, 0.2) is 12.1 Å². The molecule has 2 rings (SSSR count). The molecule has 0 radical (unpaired) electrons. The van der Waals surface area contributed by atoms with Crippen LogP contribution in [0, 0.1) is 5.82 Å². The van der Waals surface area contributed by atoms with Crippen LogP contribution in [0.2, 0.25) is 5.02 Å². The van der Waals surface area contributed by atoms with Crippen LogP contribution < -0.4 is 5.32 Å². The maximum Gasteiger partial charge on any atom is 0.146 e. The van der Waals surface area contributed by atoms with Crippen molar-refractivity contribution in [3.8, 4) is 0 Å². The predicted octanol–water partition coefficient (Wildman–Crippen LogP) is 3.22. The van der Waals surface area contributed by atoms with E-state index in [0.29, 0.717) is 12.2 Å². The molecule has 94 valence electrons. The van der Waals surface area contributed by atoms with Crippen LogP contribution in [0.1, 0.15) is 30.9 Å². The Morgan fingerprint density at radius 3 is 2.88 bits per heavy atom. The molecule has 1 atom stereocenters. The quantitative estimate of drug-likeness (QED) is 0.898. The van der Waals surface area contributed by atoms with Crippen LogP contribution in [0.4, 0.5) is 4.39 Å². The zero-order valence-electron chi connectivity index (χ0n) is 10.1. The summed E-state index contributed by atoms with van der Waals surface area (Å²) < 4.78 is 19.2. The highest BCUT2D eigenvalue weighted by molar-refractivity contribution is 6.30. The standard InChI is InChI=1S/C13H17ClFNO/c1-13(4-3-5-16-13)10-6-9(8-17-2)7-11(14)12(10)15/h6-7,16H,3-5,8H2,1-2H3. The maximum absolute atomic E-state index is 14.1. The van der Waals surface area contributed by atoms with E-state index in [9.17, 15) is 4.39 Å². The lowest BCUT2D eigenvalue weighted by atomic mass is 9.89. The average molecular weight is 258 g/mol. The van der Waals surface area contributed by atoms with Crippen molar-refractivity contribution in [1.82, 2.24) is 5.32 Å². The van der Waals surface area contributed by atoms with Crippen LogP contribution in [-0.2, 0) is 16.9 Å². The third kappa shape index (κ3) is 2.46. The van der Waals surface area contributed by atoms with Gasteiger partial charge in [0.2, 0.25) is 0 Å². The largest absolute Gasteiger partial charge is 0.380 e. The molecule has 1 saturated heterocycles. The minimum atomic E-state index is -0.316. The summed E-state index contributed by atoms with van der Waals surface area (Å²) in [6.07, 6.45) is 1.98. The molecular formula is C13H17ClFNO. The molecule has 17 heavy (non-hydrogen) atoms. The maximum atomic E-state index is 14.1. The molecule has 1 aromatic carbocycles. The van der Waals surface area contributed by atoms with E-state index in [1.165, 1.54) is 0 Å². The normalized spacial score (nSPS) is 24.2. The summed E-state index contributed by atoms with van der Waals surface area (Å²) in [6, 6.07) is 3.48.